The minimum absolute atomic E-state index is 0.158. The fraction of sp³-hybridized carbons (Fsp3) is 0.533. The molecule has 3 nitrogen and oxygen atoms in total. The van der Waals surface area contributed by atoms with Gasteiger partial charge in [0, 0.05) is 6.54 Å². The van der Waals surface area contributed by atoms with E-state index in [1.165, 1.54) is 6.07 Å². The Balaban J connectivity index is 2.53. The number of aliphatic carboxylic acids is 1. The summed E-state index contributed by atoms with van der Waals surface area (Å²) in [5.74, 6) is -1.26. The van der Waals surface area contributed by atoms with Crippen molar-refractivity contribution in [3.05, 3.63) is 35.6 Å². The zero-order valence-electron chi connectivity index (χ0n) is 11.3. The fourth-order valence-corrected chi connectivity index (χ4v) is 2.25. The van der Waals surface area contributed by atoms with Gasteiger partial charge in [-0.25, -0.2) is 4.39 Å². The van der Waals surface area contributed by atoms with Crippen LogP contribution in [0.25, 0.3) is 0 Å². The maximum absolute atomic E-state index is 13.5. The Morgan fingerprint density at radius 1 is 1.42 bits per heavy atom. The molecule has 0 aliphatic heterocycles. The van der Waals surface area contributed by atoms with Crippen LogP contribution in [-0.4, -0.2) is 17.6 Å². The second-order valence-electron chi connectivity index (χ2n) is 4.91. The average molecular weight is 267 g/mol. The highest BCUT2D eigenvalue weighted by atomic mass is 19.1. The summed E-state index contributed by atoms with van der Waals surface area (Å²) in [7, 11) is 0. The minimum atomic E-state index is -0.841. The number of nitrogens with two attached hydrogens (primary N) is 1. The van der Waals surface area contributed by atoms with Crippen molar-refractivity contribution in [3.8, 4) is 0 Å². The number of halogens is 1. The van der Waals surface area contributed by atoms with Crippen molar-refractivity contribution in [3.63, 3.8) is 0 Å². The summed E-state index contributed by atoms with van der Waals surface area (Å²) in [4.78, 5) is 11.0. The van der Waals surface area contributed by atoms with Crippen molar-refractivity contribution in [1.82, 2.24) is 0 Å². The molecule has 19 heavy (non-hydrogen) atoms. The Morgan fingerprint density at radius 3 is 2.63 bits per heavy atom. The maximum atomic E-state index is 13.5. The molecule has 0 aliphatic rings. The van der Waals surface area contributed by atoms with E-state index in [2.05, 4.69) is 0 Å². The van der Waals surface area contributed by atoms with E-state index >= 15 is 0 Å². The van der Waals surface area contributed by atoms with Crippen LogP contribution in [0, 0.1) is 17.7 Å². The normalized spacial score (nSPS) is 14.1. The predicted octanol–water partition coefficient (Wildman–Crippen LogP) is 2.83. The molecule has 0 amide bonds. The molecule has 1 rings (SSSR count). The van der Waals surface area contributed by atoms with E-state index in [4.69, 9.17) is 10.8 Å². The Kier molecular flexibility index (Phi) is 6.50. The number of carboxylic acid groups (broad SMARTS) is 1. The van der Waals surface area contributed by atoms with Crippen LogP contribution in [0.5, 0.6) is 0 Å². The Bertz CT molecular complexity index is 409. The zero-order chi connectivity index (χ0) is 14.3. The lowest BCUT2D eigenvalue weighted by molar-refractivity contribution is -0.142. The topological polar surface area (TPSA) is 63.3 Å². The Morgan fingerprint density at radius 2 is 2.11 bits per heavy atom. The predicted molar refractivity (Wildman–Crippen MR) is 73.3 cm³/mol. The molecular weight excluding hydrogens is 245 g/mol. The maximum Gasteiger partial charge on any atom is 0.307 e. The summed E-state index contributed by atoms with van der Waals surface area (Å²) in [6.45, 7) is 2.19. The minimum Gasteiger partial charge on any atom is -0.481 e. The van der Waals surface area contributed by atoms with Gasteiger partial charge in [0.1, 0.15) is 5.82 Å². The highest BCUT2D eigenvalue weighted by Gasteiger charge is 2.20. The van der Waals surface area contributed by atoms with Gasteiger partial charge in [-0.1, -0.05) is 31.5 Å². The van der Waals surface area contributed by atoms with Gasteiger partial charge in [0.25, 0.3) is 0 Å². The van der Waals surface area contributed by atoms with Gasteiger partial charge in [-0.2, -0.15) is 0 Å². The molecule has 106 valence electrons. The second kappa shape index (κ2) is 7.89. The number of aryl methyl sites for hydroxylation is 1. The fourth-order valence-electron chi connectivity index (χ4n) is 2.25. The number of hydrogen-bond acceptors (Lipinski definition) is 2. The molecule has 2 unspecified atom stereocenters. The van der Waals surface area contributed by atoms with Crippen LogP contribution in [0.3, 0.4) is 0 Å². The van der Waals surface area contributed by atoms with Crippen LogP contribution in [0.4, 0.5) is 4.39 Å². The van der Waals surface area contributed by atoms with Gasteiger partial charge in [-0.15, -0.1) is 0 Å². The van der Waals surface area contributed by atoms with Crippen molar-refractivity contribution in [2.45, 2.75) is 32.6 Å². The first-order valence-electron chi connectivity index (χ1n) is 6.74. The SMILES string of the molecule is CCC(CCc1ccccc1F)CC(CN)C(=O)O. The summed E-state index contributed by atoms with van der Waals surface area (Å²) in [5.41, 5.74) is 6.16. The van der Waals surface area contributed by atoms with Crippen LogP contribution in [0.2, 0.25) is 0 Å². The van der Waals surface area contributed by atoms with Crippen LogP contribution in [-0.2, 0) is 11.2 Å². The van der Waals surface area contributed by atoms with Gasteiger partial charge in [0.2, 0.25) is 0 Å². The van der Waals surface area contributed by atoms with E-state index in [1.807, 2.05) is 13.0 Å². The lowest BCUT2D eigenvalue weighted by Gasteiger charge is -2.18. The van der Waals surface area contributed by atoms with E-state index < -0.39 is 11.9 Å². The van der Waals surface area contributed by atoms with Crippen molar-refractivity contribution in [1.29, 1.82) is 0 Å². The van der Waals surface area contributed by atoms with Gasteiger partial charge in [0.15, 0.2) is 0 Å². The van der Waals surface area contributed by atoms with E-state index in [1.54, 1.807) is 12.1 Å². The first-order valence-corrected chi connectivity index (χ1v) is 6.74. The van der Waals surface area contributed by atoms with E-state index in [9.17, 15) is 9.18 Å². The molecule has 4 heteroatoms. The smallest absolute Gasteiger partial charge is 0.307 e. The third kappa shape index (κ3) is 4.99. The van der Waals surface area contributed by atoms with E-state index in [0.29, 0.717) is 18.4 Å². The van der Waals surface area contributed by atoms with E-state index in [-0.39, 0.29) is 18.3 Å². The van der Waals surface area contributed by atoms with Gasteiger partial charge in [0.05, 0.1) is 5.92 Å². The highest BCUT2D eigenvalue weighted by molar-refractivity contribution is 5.70. The monoisotopic (exact) mass is 267 g/mol. The summed E-state index contributed by atoms with van der Waals surface area (Å²) in [6, 6.07) is 6.72. The standard InChI is InChI=1S/C15H22FNO2/c1-2-11(9-13(10-17)15(18)19)7-8-12-5-3-4-6-14(12)16/h3-6,11,13H,2,7-10,17H2,1H3,(H,18,19). The van der Waals surface area contributed by atoms with Crippen molar-refractivity contribution < 1.29 is 14.3 Å². The van der Waals surface area contributed by atoms with Crippen LogP contribution >= 0.6 is 0 Å². The molecule has 0 aliphatic carbocycles. The molecule has 3 N–H and O–H groups in total. The number of carboxylic acids is 1. The summed E-state index contributed by atoms with van der Waals surface area (Å²) >= 11 is 0. The van der Waals surface area contributed by atoms with E-state index in [0.717, 1.165) is 12.8 Å². The molecule has 0 heterocycles. The van der Waals surface area contributed by atoms with Crippen molar-refractivity contribution >= 4 is 5.97 Å². The first-order chi connectivity index (χ1) is 9.08. The Hall–Kier alpha value is -1.42. The molecule has 0 aromatic heterocycles. The molecule has 0 spiro atoms. The number of benzene rings is 1. The first kappa shape index (κ1) is 15.6. The molecule has 0 bridgehead atoms. The average Bonchev–Trinajstić information content (AvgIpc) is 2.40. The molecule has 2 atom stereocenters. The summed E-state index contributed by atoms with van der Waals surface area (Å²) in [6.07, 6.45) is 2.89. The number of carbonyl (C=O) groups is 1. The van der Waals surface area contributed by atoms with Gasteiger partial charge in [-0.05, 0) is 36.8 Å². The number of rotatable bonds is 8. The van der Waals surface area contributed by atoms with Crippen molar-refractivity contribution in [2.24, 2.45) is 17.6 Å². The molecule has 0 saturated heterocycles. The molecule has 0 fully saturated rings. The zero-order valence-corrected chi connectivity index (χ0v) is 11.3. The third-order valence-electron chi connectivity index (χ3n) is 3.61. The molecule has 0 saturated carbocycles. The summed E-state index contributed by atoms with van der Waals surface area (Å²) in [5, 5.41) is 9.01. The van der Waals surface area contributed by atoms with Crippen LogP contribution in [0.15, 0.2) is 24.3 Å². The lowest BCUT2D eigenvalue weighted by Crippen LogP contribution is -2.26. The highest BCUT2D eigenvalue weighted by Crippen LogP contribution is 2.22. The lowest BCUT2D eigenvalue weighted by atomic mass is 9.88. The van der Waals surface area contributed by atoms with Crippen LogP contribution < -0.4 is 5.73 Å². The summed E-state index contributed by atoms with van der Waals surface area (Å²) < 4.78 is 13.5. The largest absolute Gasteiger partial charge is 0.481 e. The van der Waals surface area contributed by atoms with Gasteiger partial charge < -0.3 is 10.8 Å². The number of hydrogen-bond donors (Lipinski definition) is 2. The molecule has 1 aromatic rings. The van der Waals surface area contributed by atoms with Crippen LogP contribution in [0.1, 0.15) is 31.7 Å². The molecule has 0 radical (unpaired) electrons. The third-order valence-corrected chi connectivity index (χ3v) is 3.61. The molecular formula is C15H22FNO2. The second-order valence-corrected chi connectivity index (χ2v) is 4.91. The van der Waals surface area contributed by atoms with Crippen molar-refractivity contribution in [2.75, 3.05) is 6.54 Å². The van der Waals surface area contributed by atoms with Gasteiger partial charge >= 0.3 is 5.97 Å². The quantitative estimate of drug-likeness (QED) is 0.761. The molecule has 1 aromatic carbocycles. The Labute approximate surface area is 113 Å². The van der Waals surface area contributed by atoms with Gasteiger partial charge in [-0.3, -0.25) is 4.79 Å².